The highest BCUT2D eigenvalue weighted by molar-refractivity contribution is 6.30. The first kappa shape index (κ1) is 19.1. The van der Waals surface area contributed by atoms with Crippen molar-refractivity contribution in [1.29, 1.82) is 0 Å². The number of hydrogen-bond acceptors (Lipinski definition) is 3. The lowest BCUT2D eigenvalue weighted by atomic mass is 10.1. The fourth-order valence-electron chi connectivity index (χ4n) is 3.11. The van der Waals surface area contributed by atoms with Gasteiger partial charge in [0.2, 0.25) is 11.8 Å². The van der Waals surface area contributed by atoms with Crippen LogP contribution in [0.4, 0.5) is 11.4 Å². The predicted molar refractivity (Wildman–Crippen MR) is 104 cm³/mol. The number of anilines is 2. The van der Waals surface area contributed by atoms with Crippen LogP contribution in [0.15, 0.2) is 48.5 Å². The predicted octanol–water partition coefficient (Wildman–Crippen LogP) is 1.74. The molecule has 0 spiro atoms. The lowest BCUT2D eigenvalue weighted by Crippen LogP contribution is -2.92. The molecule has 2 aromatic rings. The van der Waals surface area contributed by atoms with Gasteiger partial charge in [-0.15, -0.1) is 0 Å². The topological polar surface area (TPSA) is 83.1 Å². The lowest BCUT2D eigenvalue weighted by molar-refractivity contribution is -0.674. The zero-order valence-electron chi connectivity index (χ0n) is 14.9. The number of nitrogens with zero attached hydrogens (tertiary/aromatic N) is 1. The van der Waals surface area contributed by atoms with E-state index in [2.05, 4.69) is 5.32 Å². The van der Waals surface area contributed by atoms with E-state index in [4.69, 9.17) is 11.6 Å². The molecule has 27 heavy (non-hydrogen) atoms. The van der Waals surface area contributed by atoms with E-state index < -0.39 is 6.04 Å². The molecule has 3 N–H and O–H groups in total. The molecule has 0 radical (unpaired) electrons. The molecule has 0 aromatic heterocycles. The minimum atomic E-state index is -0.403. The van der Waals surface area contributed by atoms with Crippen molar-refractivity contribution < 1.29 is 19.7 Å². The highest BCUT2D eigenvalue weighted by Gasteiger charge is 2.42. The summed E-state index contributed by atoms with van der Waals surface area (Å²) in [4.78, 5) is 37.3. The second-order valence-electron chi connectivity index (χ2n) is 6.51. The van der Waals surface area contributed by atoms with E-state index in [1.165, 1.54) is 11.8 Å². The van der Waals surface area contributed by atoms with Crippen molar-refractivity contribution in [2.45, 2.75) is 25.8 Å². The normalized spacial score (nSPS) is 16.7. The number of quaternary nitrogens is 1. The van der Waals surface area contributed by atoms with E-state index in [1.807, 2.05) is 29.6 Å². The van der Waals surface area contributed by atoms with Crippen LogP contribution < -0.4 is 15.5 Å². The highest BCUT2D eigenvalue weighted by Crippen LogP contribution is 2.23. The molecule has 1 atom stereocenters. The number of hydrogen-bond donors (Lipinski definition) is 2. The third-order valence-electron chi connectivity index (χ3n) is 4.42. The molecule has 1 heterocycles. The third-order valence-corrected chi connectivity index (χ3v) is 4.68. The summed E-state index contributed by atoms with van der Waals surface area (Å²) in [5.41, 5.74) is 2.28. The average Bonchev–Trinajstić information content (AvgIpc) is 2.91. The van der Waals surface area contributed by atoms with Crippen molar-refractivity contribution in [2.24, 2.45) is 0 Å². The van der Waals surface area contributed by atoms with Gasteiger partial charge in [-0.3, -0.25) is 14.4 Å². The smallest absolute Gasteiger partial charge is 0.292 e. The van der Waals surface area contributed by atoms with E-state index in [1.54, 1.807) is 24.3 Å². The van der Waals surface area contributed by atoms with Gasteiger partial charge in [0.1, 0.15) is 0 Å². The third kappa shape index (κ3) is 4.72. The van der Waals surface area contributed by atoms with Crippen molar-refractivity contribution in [1.82, 2.24) is 0 Å². The number of nitrogens with one attached hydrogen (secondary N) is 1. The van der Waals surface area contributed by atoms with Gasteiger partial charge in [0.15, 0.2) is 6.04 Å². The number of benzene rings is 2. The molecular weight excluding hydrogens is 366 g/mol. The van der Waals surface area contributed by atoms with Gasteiger partial charge in [-0.1, -0.05) is 23.7 Å². The van der Waals surface area contributed by atoms with E-state index in [-0.39, 0.29) is 24.1 Å². The molecule has 0 bridgehead atoms. The molecule has 0 unspecified atom stereocenters. The summed E-state index contributed by atoms with van der Waals surface area (Å²) in [5.74, 6) is -0.588. The molecule has 140 valence electrons. The Morgan fingerprint density at radius 1 is 1.15 bits per heavy atom. The second kappa shape index (κ2) is 8.33. The van der Waals surface area contributed by atoms with E-state index in [9.17, 15) is 14.4 Å². The summed E-state index contributed by atoms with van der Waals surface area (Å²) < 4.78 is 0. The fraction of sp³-hybridized carbons (Fsp3) is 0.250. The maximum atomic E-state index is 12.7. The zero-order chi connectivity index (χ0) is 19.4. The van der Waals surface area contributed by atoms with Crippen molar-refractivity contribution >= 4 is 40.7 Å². The Kier molecular flexibility index (Phi) is 5.88. The van der Waals surface area contributed by atoms with E-state index in [0.29, 0.717) is 22.9 Å². The van der Waals surface area contributed by atoms with Gasteiger partial charge in [-0.05, 0) is 42.0 Å². The SMILES string of the molecule is CC(=O)Nc1ccc(N2C(=O)C[C@@H]([NH2+]CCc3ccc(Cl)cc3)C2=O)cc1. The molecule has 1 aliphatic rings. The molecule has 7 heteroatoms. The minimum absolute atomic E-state index is 0.175. The number of carbonyl (C=O) groups is 3. The van der Waals surface area contributed by atoms with Crippen LogP contribution in [0, 0.1) is 0 Å². The van der Waals surface area contributed by atoms with Crippen molar-refractivity contribution in [3.8, 4) is 0 Å². The molecule has 1 saturated heterocycles. The Morgan fingerprint density at radius 3 is 2.44 bits per heavy atom. The van der Waals surface area contributed by atoms with Gasteiger partial charge in [0, 0.05) is 24.1 Å². The summed E-state index contributed by atoms with van der Waals surface area (Å²) in [7, 11) is 0. The summed E-state index contributed by atoms with van der Waals surface area (Å²) in [6, 6.07) is 13.9. The first-order valence-corrected chi connectivity index (χ1v) is 9.14. The Balaban J connectivity index is 1.59. The van der Waals surface area contributed by atoms with Gasteiger partial charge in [-0.25, -0.2) is 4.90 Å². The molecule has 0 aliphatic carbocycles. The van der Waals surface area contributed by atoms with Crippen molar-refractivity contribution in [3.63, 3.8) is 0 Å². The minimum Gasteiger partial charge on any atom is -0.335 e. The molecule has 1 aliphatic heterocycles. The molecule has 6 nitrogen and oxygen atoms in total. The van der Waals surface area contributed by atoms with Gasteiger partial charge in [-0.2, -0.15) is 0 Å². The monoisotopic (exact) mass is 386 g/mol. The van der Waals surface area contributed by atoms with Gasteiger partial charge < -0.3 is 10.6 Å². The zero-order valence-corrected chi connectivity index (χ0v) is 15.7. The van der Waals surface area contributed by atoms with Crippen molar-refractivity contribution in [2.75, 3.05) is 16.8 Å². The Bertz CT molecular complexity index is 850. The maximum Gasteiger partial charge on any atom is 0.292 e. The Morgan fingerprint density at radius 2 is 1.81 bits per heavy atom. The second-order valence-corrected chi connectivity index (χ2v) is 6.94. The van der Waals surface area contributed by atoms with Crippen LogP contribution in [0.1, 0.15) is 18.9 Å². The van der Waals surface area contributed by atoms with Crippen LogP contribution in [0.5, 0.6) is 0 Å². The lowest BCUT2D eigenvalue weighted by Gasteiger charge is -2.15. The Labute approximate surface area is 162 Å². The fourth-order valence-corrected chi connectivity index (χ4v) is 3.24. The van der Waals surface area contributed by atoms with Crippen LogP contribution in [-0.4, -0.2) is 30.3 Å². The first-order chi connectivity index (χ1) is 12.9. The van der Waals surface area contributed by atoms with Crippen molar-refractivity contribution in [3.05, 3.63) is 59.1 Å². The van der Waals surface area contributed by atoms with Crippen LogP contribution in [0.2, 0.25) is 5.02 Å². The number of nitrogens with two attached hydrogens (primary N) is 1. The number of halogens is 1. The molecule has 0 saturated carbocycles. The standard InChI is InChI=1S/C20H20ClN3O3/c1-13(25)23-16-6-8-17(9-7-16)24-19(26)12-18(20(24)27)22-11-10-14-2-4-15(21)5-3-14/h2-9,18,22H,10-12H2,1H3,(H,23,25)/p+1/t18-/m1/s1. The number of carbonyl (C=O) groups excluding carboxylic acids is 3. The molecule has 3 amide bonds. The number of imide groups is 1. The molecule has 2 aromatic carbocycles. The summed E-state index contributed by atoms with van der Waals surface area (Å²) in [6.07, 6.45) is 0.980. The summed E-state index contributed by atoms with van der Waals surface area (Å²) >= 11 is 5.88. The molecule has 1 fully saturated rings. The quantitative estimate of drug-likeness (QED) is 0.742. The van der Waals surface area contributed by atoms with Gasteiger partial charge in [0.05, 0.1) is 18.7 Å². The van der Waals surface area contributed by atoms with Crippen LogP contribution in [0.3, 0.4) is 0 Å². The number of rotatable bonds is 6. The largest absolute Gasteiger partial charge is 0.335 e. The first-order valence-electron chi connectivity index (χ1n) is 8.76. The van der Waals surface area contributed by atoms with Gasteiger partial charge in [0.25, 0.3) is 5.91 Å². The number of amides is 3. The van der Waals surface area contributed by atoms with Crippen LogP contribution in [-0.2, 0) is 20.8 Å². The Hall–Kier alpha value is -2.70. The summed E-state index contributed by atoms with van der Waals surface area (Å²) in [6.45, 7) is 2.13. The molecular formula is C20H21ClN3O3+. The summed E-state index contributed by atoms with van der Waals surface area (Å²) in [5, 5.41) is 5.27. The average molecular weight is 387 g/mol. The highest BCUT2D eigenvalue weighted by atomic mass is 35.5. The van der Waals surface area contributed by atoms with Crippen LogP contribution >= 0.6 is 11.6 Å². The van der Waals surface area contributed by atoms with Crippen LogP contribution in [0.25, 0.3) is 0 Å². The van der Waals surface area contributed by atoms with E-state index >= 15 is 0 Å². The van der Waals surface area contributed by atoms with E-state index in [0.717, 1.165) is 12.0 Å². The molecule has 3 rings (SSSR count). The maximum absolute atomic E-state index is 12.7. The van der Waals surface area contributed by atoms with Gasteiger partial charge >= 0.3 is 0 Å².